The molecule has 1 fully saturated rings. The minimum Gasteiger partial charge on any atom is -0.493 e. The highest BCUT2D eigenvalue weighted by atomic mass is 32.2. The molecule has 6 nitrogen and oxygen atoms in total. The molecule has 1 saturated heterocycles. The number of hydrogen-bond donors (Lipinski definition) is 1. The van der Waals surface area contributed by atoms with E-state index in [1.807, 2.05) is 25.1 Å². The van der Waals surface area contributed by atoms with Gasteiger partial charge in [0.25, 0.3) is 0 Å². The van der Waals surface area contributed by atoms with Gasteiger partial charge in [-0.1, -0.05) is 6.07 Å². The van der Waals surface area contributed by atoms with E-state index in [1.54, 1.807) is 14.0 Å². The molecule has 0 spiro atoms. The van der Waals surface area contributed by atoms with E-state index in [2.05, 4.69) is 4.90 Å². The third-order valence-corrected chi connectivity index (χ3v) is 6.17. The molecule has 1 aromatic carbocycles. The molecule has 1 aliphatic heterocycles. The summed E-state index contributed by atoms with van der Waals surface area (Å²) in [4.78, 5) is 2.18. The lowest BCUT2D eigenvalue weighted by Gasteiger charge is -2.35. The van der Waals surface area contributed by atoms with E-state index in [0.717, 1.165) is 5.56 Å². The van der Waals surface area contributed by atoms with Gasteiger partial charge in [-0.15, -0.1) is 0 Å². The number of aliphatic hydroxyl groups excluding tert-OH is 1. The van der Waals surface area contributed by atoms with Crippen LogP contribution in [0, 0.1) is 0 Å². The summed E-state index contributed by atoms with van der Waals surface area (Å²) in [5.74, 6) is 1.84. The first-order chi connectivity index (χ1) is 11.8. The maximum Gasteiger partial charge on any atom is 0.161 e. The second-order valence-corrected chi connectivity index (χ2v) is 8.88. The van der Waals surface area contributed by atoms with E-state index in [9.17, 15) is 13.5 Å². The second-order valence-electron chi connectivity index (χ2n) is 6.58. The van der Waals surface area contributed by atoms with Crippen LogP contribution in [0.5, 0.6) is 11.5 Å². The molecular formula is C18H29NO5S. The van der Waals surface area contributed by atoms with Crippen LogP contribution in [0.1, 0.15) is 32.3 Å². The Labute approximate surface area is 150 Å². The molecule has 1 unspecified atom stereocenters. The van der Waals surface area contributed by atoms with Crippen LogP contribution in [-0.2, 0) is 16.4 Å². The predicted octanol–water partition coefficient (Wildman–Crippen LogP) is 1.85. The fourth-order valence-corrected chi connectivity index (χ4v) is 4.71. The highest BCUT2D eigenvalue weighted by molar-refractivity contribution is 7.91. The molecule has 142 valence electrons. The zero-order valence-corrected chi connectivity index (χ0v) is 16.1. The Balaban J connectivity index is 2.14. The van der Waals surface area contributed by atoms with Gasteiger partial charge < -0.3 is 14.6 Å². The number of nitrogens with zero attached hydrogens (tertiary/aromatic N) is 1. The smallest absolute Gasteiger partial charge is 0.161 e. The fraction of sp³-hybridized carbons (Fsp3) is 0.667. The first-order valence-electron chi connectivity index (χ1n) is 8.77. The average Bonchev–Trinajstić information content (AvgIpc) is 2.55. The topological polar surface area (TPSA) is 76.1 Å². The summed E-state index contributed by atoms with van der Waals surface area (Å²) in [7, 11) is -1.29. The van der Waals surface area contributed by atoms with Gasteiger partial charge in [-0.05, 0) is 44.4 Å². The van der Waals surface area contributed by atoms with E-state index in [1.165, 1.54) is 0 Å². The third-order valence-electron chi connectivity index (χ3n) is 4.45. The molecule has 1 aromatic rings. The molecule has 1 aliphatic rings. The van der Waals surface area contributed by atoms with E-state index in [4.69, 9.17) is 9.47 Å². The Hall–Kier alpha value is -1.31. The van der Waals surface area contributed by atoms with E-state index in [0.29, 0.717) is 44.0 Å². The number of aliphatic hydroxyl groups is 1. The van der Waals surface area contributed by atoms with Gasteiger partial charge in [0.15, 0.2) is 11.5 Å². The van der Waals surface area contributed by atoms with Gasteiger partial charge in [0, 0.05) is 19.1 Å². The zero-order valence-electron chi connectivity index (χ0n) is 15.3. The molecule has 0 aromatic heterocycles. The Bertz CT molecular complexity index is 645. The zero-order chi connectivity index (χ0) is 18.4. The number of sulfone groups is 1. The molecule has 0 bridgehead atoms. The molecule has 1 atom stereocenters. The molecule has 0 amide bonds. The summed E-state index contributed by atoms with van der Waals surface area (Å²) >= 11 is 0. The highest BCUT2D eigenvalue weighted by Crippen LogP contribution is 2.29. The summed E-state index contributed by atoms with van der Waals surface area (Å²) < 4.78 is 34.3. The maximum atomic E-state index is 11.7. The molecule has 1 heterocycles. The molecule has 0 saturated carbocycles. The van der Waals surface area contributed by atoms with Gasteiger partial charge >= 0.3 is 0 Å². The normalized spacial score (nSPS) is 18.9. The molecule has 7 heteroatoms. The summed E-state index contributed by atoms with van der Waals surface area (Å²) in [5.41, 5.74) is 1.05. The van der Waals surface area contributed by atoms with Gasteiger partial charge in [0.2, 0.25) is 0 Å². The van der Waals surface area contributed by atoms with Crippen LogP contribution in [0.4, 0.5) is 0 Å². The molecular weight excluding hydrogens is 342 g/mol. The molecule has 25 heavy (non-hydrogen) atoms. The number of benzene rings is 1. The molecule has 0 radical (unpaired) electrons. The quantitative estimate of drug-likeness (QED) is 0.752. The van der Waals surface area contributed by atoms with Crippen molar-refractivity contribution in [3.05, 3.63) is 23.8 Å². The Morgan fingerprint density at radius 1 is 1.28 bits per heavy atom. The summed E-state index contributed by atoms with van der Waals surface area (Å²) in [5, 5.41) is 9.84. The summed E-state index contributed by atoms with van der Waals surface area (Å²) in [6.07, 6.45) is 0.759. The number of ether oxygens (including phenoxy) is 2. The lowest BCUT2D eigenvalue weighted by Crippen LogP contribution is -2.43. The van der Waals surface area contributed by atoms with E-state index < -0.39 is 15.9 Å². The van der Waals surface area contributed by atoms with E-state index in [-0.39, 0.29) is 17.5 Å². The van der Waals surface area contributed by atoms with E-state index >= 15 is 0 Å². The van der Waals surface area contributed by atoms with Gasteiger partial charge in [-0.25, -0.2) is 8.42 Å². The largest absolute Gasteiger partial charge is 0.493 e. The predicted molar refractivity (Wildman–Crippen MR) is 97.9 cm³/mol. The van der Waals surface area contributed by atoms with Gasteiger partial charge in [-0.3, -0.25) is 4.90 Å². The number of rotatable bonds is 8. The van der Waals surface area contributed by atoms with Crippen molar-refractivity contribution < 1.29 is 23.0 Å². The van der Waals surface area contributed by atoms with Crippen molar-refractivity contribution in [2.24, 2.45) is 0 Å². The first-order valence-corrected chi connectivity index (χ1v) is 10.6. The van der Waals surface area contributed by atoms with Gasteiger partial charge in [0.1, 0.15) is 9.84 Å². The molecule has 0 aliphatic carbocycles. The van der Waals surface area contributed by atoms with Crippen LogP contribution < -0.4 is 9.47 Å². The monoisotopic (exact) mass is 371 g/mol. The third kappa shape index (κ3) is 5.87. The fourth-order valence-electron chi connectivity index (χ4n) is 3.24. The minimum absolute atomic E-state index is 0.163. The minimum atomic E-state index is -2.90. The van der Waals surface area contributed by atoms with Crippen molar-refractivity contribution in [1.82, 2.24) is 4.90 Å². The Morgan fingerprint density at radius 2 is 1.96 bits per heavy atom. The van der Waals surface area contributed by atoms with Crippen LogP contribution >= 0.6 is 0 Å². The highest BCUT2D eigenvalue weighted by Gasteiger charge is 2.28. The van der Waals surface area contributed by atoms with Crippen molar-refractivity contribution in [2.45, 2.75) is 45.4 Å². The summed E-state index contributed by atoms with van der Waals surface area (Å²) in [6.45, 7) is 5.40. The SMILES string of the molecule is CCOc1ccc(CN(CC(C)O)C2CCS(=O)(=O)CC2)cc1OC. The maximum absolute atomic E-state index is 11.7. The van der Waals surface area contributed by atoms with Gasteiger partial charge in [0.05, 0.1) is 31.3 Å². The van der Waals surface area contributed by atoms with Crippen LogP contribution in [0.15, 0.2) is 18.2 Å². The summed E-state index contributed by atoms with van der Waals surface area (Å²) in [6, 6.07) is 5.99. The van der Waals surface area contributed by atoms with Gasteiger partial charge in [-0.2, -0.15) is 0 Å². The first kappa shape index (κ1) is 20.0. The van der Waals surface area contributed by atoms with Crippen molar-refractivity contribution >= 4 is 9.84 Å². The lowest BCUT2D eigenvalue weighted by atomic mass is 10.1. The van der Waals surface area contributed by atoms with Crippen LogP contribution in [0.25, 0.3) is 0 Å². The van der Waals surface area contributed by atoms with Crippen molar-refractivity contribution in [3.8, 4) is 11.5 Å². The average molecular weight is 371 g/mol. The Kier molecular flexibility index (Phi) is 7.10. The van der Waals surface area contributed by atoms with Crippen LogP contribution in [-0.4, -0.2) is 62.3 Å². The Morgan fingerprint density at radius 3 is 2.52 bits per heavy atom. The number of hydrogen-bond acceptors (Lipinski definition) is 6. The molecule has 2 rings (SSSR count). The second kappa shape index (κ2) is 8.87. The van der Waals surface area contributed by atoms with Crippen molar-refractivity contribution in [2.75, 3.05) is 31.8 Å². The van der Waals surface area contributed by atoms with Crippen molar-refractivity contribution in [1.29, 1.82) is 0 Å². The van der Waals surface area contributed by atoms with Crippen LogP contribution in [0.2, 0.25) is 0 Å². The van der Waals surface area contributed by atoms with Crippen LogP contribution in [0.3, 0.4) is 0 Å². The van der Waals surface area contributed by atoms with Crippen molar-refractivity contribution in [3.63, 3.8) is 0 Å². The standard InChI is InChI=1S/C18H29NO5S/c1-4-24-17-6-5-15(11-18(17)23-3)13-19(12-14(2)20)16-7-9-25(21,22)10-8-16/h5-6,11,14,16,20H,4,7-10,12-13H2,1-3H3. The lowest BCUT2D eigenvalue weighted by molar-refractivity contribution is 0.0878. The number of methoxy groups -OCH3 is 1. The molecule has 1 N–H and O–H groups in total.